The Bertz CT molecular complexity index is 282. The van der Waals surface area contributed by atoms with Crippen molar-refractivity contribution in [2.45, 2.75) is 0 Å². The maximum absolute atomic E-state index is 3.76. The summed E-state index contributed by atoms with van der Waals surface area (Å²) >= 11 is 0. The van der Waals surface area contributed by atoms with E-state index < -0.39 is 0 Å². The molecule has 0 aliphatic rings. The van der Waals surface area contributed by atoms with Gasteiger partial charge in [-0.25, -0.2) is 4.98 Å². The SMILES string of the molecule is c1nnc2n[nH]nc2n1. The standard InChI is InChI=1S/C3H2N6/c1-4-2-3(6-5-1)8-9-7-2/h1H,(H,4,5,6,7,8,9). The second-order valence-electron chi connectivity index (χ2n) is 1.43. The highest BCUT2D eigenvalue weighted by molar-refractivity contribution is 5.60. The quantitative estimate of drug-likeness (QED) is 0.492. The second-order valence-corrected chi connectivity index (χ2v) is 1.43. The van der Waals surface area contributed by atoms with Crippen LogP contribution in [0.2, 0.25) is 0 Å². The molecule has 0 atom stereocenters. The largest absolute Gasteiger partial charge is 0.241 e. The third-order valence-electron chi connectivity index (χ3n) is 0.896. The highest BCUT2D eigenvalue weighted by Crippen LogP contribution is 1.92. The fourth-order valence-electron chi connectivity index (χ4n) is 0.534. The number of hydrogen-bond acceptors (Lipinski definition) is 5. The zero-order chi connectivity index (χ0) is 6.10. The summed E-state index contributed by atoms with van der Waals surface area (Å²) in [5.74, 6) is 0. The van der Waals surface area contributed by atoms with E-state index in [0.29, 0.717) is 11.3 Å². The van der Waals surface area contributed by atoms with Gasteiger partial charge in [0.1, 0.15) is 6.33 Å². The molecule has 6 nitrogen and oxygen atoms in total. The molecule has 0 aromatic carbocycles. The van der Waals surface area contributed by atoms with E-state index >= 15 is 0 Å². The fourth-order valence-corrected chi connectivity index (χ4v) is 0.534. The van der Waals surface area contributed by atoms with Crippen LogP contribution in [0, 0.1) is 0 Å². The molecule has 6 heteroatoms. The molecule has 2 heterocycles. The lowest BCUT2D eigenvalue weighted by molar-refractivity contribution is 0.946. The molecule has 0 bridgehead atoms. The van der Waals surface area contributed by atoms with Crippen molar-refractivity contribution in [3.63, 3.8) is 0 Å². The maximum Gasteiger partial charge on any atom is 0.241 e. The van der Waals surface area contributed by atoms with E-state index in [1.165, 1.54) is 6.33 Å². The van der Waals surface area contributed by atoms with Crippen LogP contribution < -0.4 is 0 Å². The number of aromatic amines is 1. The average Bonchev–Trinajstić information content (AvgIpc) is 2.33. The van der Waals surface area contributed by atoms with Gasteiger partial charge in [0.25, 0.3) is 0 Å². The van der Waals surface area contributed by atoms with Crippen LogP contribution in [0.3, 0.4) is 0 Å². The van der Waals surface area contributed by atoms with E-state index in [9.17, 15) is 0 Å². The predicted octanol–water partition coefficient (Wildman–Crippen LogP) is -0.857. The average molecular weight is 122 g/mol. The van der Waals surface area contributed by atoms with Crippen molar-refractivity contribution in [3.8, 4) is 0 Å². The molecule has 0 saturated carbocycles. The van der Waals surface area contributed by atoms with Crippen LogP contribution in [-0.2, 0) is 0 Å². The molecule has 0 amide bonds. The minimum Gasteiger partial charge on any atom is -0.210 e. The molecule has 0 spiro atoms. The first-order valence-electron chi connectivity index (χ1n) is 2.31. The third-order valence-corrected chi connectivity index (χ3v) is 0.896. The van der Waals surface area contributed by atoms with Crippen LogP contribution in [0.5, 0.6) is 0 Å². The molecule has 1 N–H and O–H groups in total. The molecular weight excluding hydrogens is 120 g/mol. The molecule has 2 rings (SSSR count). The third kappa shape index (κ3) is 0.525. The number of hydrogen-bond donors (Lipinski definition) is 1. The summed E-state index contributed by atoms with van der Waals surface area (Å²) in [6, 6.07) is 0. The van der Waals surface area contributed by atoms with Crippen LogP contribution >= 0.6 is 0 Å². The van der Waals surface area contributed by atoms with Crippen molar-refractivity contribution in [2.24, 2.45) is 0 Å². The Morgan fingerprint density at radius 1 is 1.22 bits per heavy atom. The summed E-state index contributed by atoms with van der Waals surface area (Å²) in [7, 11) is 0. The van der Waals surface area contributed by atoms with Crippen molar-refractivity contribution >= 4 is 11.3 Å². The Hall–Kier alpha value is -1.59. The maximum atomic E-state index is 3.76. The van der Waals surface area contributed by atoms with Crippen LogP contribution in [0.15, 0.2) is 6.33 Å². The lowest BCUT2D eigenvalue weighted by Crippen LogP contribution is -1.83. The van der Waals surface area contributed by atoms with Gasteiger partial charge < -0.3 is 0 Å². The number of aromatic nitrogens is 6. The molecule has 0 radical (unpaired) electrons. The molecule has 0 saturated heterocycles. The van der Waals surface area contributed by atoms with E-state index in [4.69, 9.17) is 0 Å². The van der Waals surface area contributed by atoms with Gasteiger partial charge in [-0.1, -0.05) is 0 Å². The topological polar surface area (TPSA) is 80.2 Å². The Morgan fingerprint density at radius 2 is 2.11 bits per heavy atom. The molecule has 0 unspecified atom stereocenters. The zero-order valence-electron chi connectivity index (χ0n) is 4.31. The molecule has 2 aromatic rings. The van der Waals surface area contributed by atoms with Crippen molar-refractivity contribution in [2.75, 3.05) is 0 Å². The normalized spacial score (nSPS) is 10.2. The van der Waals surface area contributed by atoms with Crippen molar-refractivity contribution in [1.29, 1.82) is 0 Å². The highest BCUT2D eigenvalue weighted by Gasteiger charge is 1.95. The first kappa shape index (κ1) is 4.30. The van der Waals surface area contributed by atoms with Gasteiger partial charge >= 0.3 is 0 Å². The van der Waals surface area contributed by atoms with Gasteiger partial charge in [0.2, 0.25) is 11.3 Å². The number of H-pyrrole nitrogens is 1. The van der Waals surface area contributed by atoms with Crippen LogP contribution in [-0.4, -0.2) is 30.6 Å². The Balaban J connectivity index is 2.95. The van der Waals surface area contributed by atoms with E-state index in [-0.39, 0.29) is 0 Å². The molecule has 44 valence electrons. The van der Waals surface area contributed by atoms with Gasteiger partial charge in [0, 0.05) is 0 Å². The predicted molar refractivity (Wildman–Crippen MR) is 27.3 cm³/mol. The van der Waals surface area contributed by atoms with Gasteiger partial charge in [-0.2, -0.15) is 5.21 Å². The Morgan fingerprint density at radius 3 is 3.00 bits per heavy atom. The molecular formula is C3H2N6. The van der Waals surface area contributed by atoms with E-state index in [1.807, 2.05) is 0 Å². The first-order valence-corrected chi connectivity index (χ1v) is 2.31. The van der Waals surface area contributed by atoms with Crippen molar-refractivity contribution in [3.05, 3.63) is 6.33 Å². The zero-order valence-corrected chi connectivity index (χ0v) is 4.31. The lowest BCUT2D eigenvalue weighted by atomic mass is 10.7. The Kier molecular flexibility index (Phi) is 0.689. The monoisotopic (exact) mass is 122 g/mol. The number of rotatable bonds is 0. The van der Waals surface area contributed by atoms with Crippen LogP contribution in [0.4, 0.5) is 0 Å². The second kappa shape index (κ2) is 1.44. The summed E-state index contributed by atoms with van der Waals surface area (Å²) in [5.41, 5.74) is 0.933. The van der Waals surface area contributed by atoms with Crippen molar-refractivity contribution < 1.29 is 0 Å². The fraction of sp³-hybridized carbons (Fsp3) is 0. The van der Waals surface area contributed by atoms with E-state index in [2.05, 4.69) is 30.6 Å². The van der Waals surface area contributed by atoms with Crippen LogP contribution in [0.1, 0.15) is 0 Å². The van der Waals surface area contributed by atoms with Crippen molar-refractivity contribution in [1.82, 2.24) is 30.6 Å². The first-order chi connectivity index (χ1) is 4.47. The van der Waals surface area contributed by atoms with Gasteiger partial charge in [-0.05, 0) is 0 Å². The minimum absolute atomic E-state index is 0.442. The summed E-state index contributed by atoms with van der Waals surface area (Å²) in [4.78, 5) is 3.76. The summed E-state index contributed by atoms with van der Waals surface area (Å²) in [6.07, 6.45) is 1.32. The Labute approximate surface area is 49.3 Å². The smallest absolute Gasteiger partial charge is 0.210 e. The van der Waals surface area contributed by atoms with Gasteiger partial charge in [-0.3, -0.25) is 0 Å². The number of nitrogens with one attached hydrogen (secondary N) is 1. The molecule has 0 fully saturated rings. The number of fused-ring (bicyclic) bond motifs is 1. The molecule has 0 aliphatic carbocycles. The van der Waals surface area contributed by atoms with E-state index in [1.54, 1.807) is 0 Å². The summed E-state index contributed by atoms with van der Waals surface area (Å²) in [5, 5.41) is 16.8. The molecule has 2 aromatic heterocycles. The molecule has 9 heavy (non-hydrogen) atoms. The highest BCUT2D eigenvalue weighted by atomic mass is 15.4. The van der Waals surface area contributed by atoms with Crippen LogP contribution in [0.25, 0.3) is 11.3 Å². The van der Waals surface area contributed by atoms with Gasteiger partial charge in [0.15, 0.2) is 0 Å². The van der Waals surface area contributed by atoms with Gasteiger partial charge in [-0.15, -0.1) is 20.4 Å². The lowest BCUT2D eigenvalue weighted by Gasteiger charge is -1.75. The number of nitrogens with zero attached hydrogens (tertiary/aromatic N) is 5. The minimum atomic E-state index is 0.442. The summed E-state index contributed by atoms with van der Waals surface area (Å²) < 4.78 is 0. The van der Waals surface area contributed by atoms with E-state index in [0.717, 1.165) is 0 Å². The molecule has 0 aliphatic heterocycles. The summed E-state index contributed by atoms with van der Waals surface area (Å²) in [6.45, 7) is 0. The van der Waals surface area contributed by atoms with Gasteiger partial charge in [0.05, 0.1) is 0 Å².